The topological polar surface area (TPSA) is 23.8 Å². The highest BCUT2D eigenvalue weighted by Gasteiger charge is 2.24. The van der Waals surface area contributed by atoms with Crippen molar-refractivity contribution in [3.63, 3.8) is 0 Å². The first-order valence-corrected chi connectivity index (χ1v) is 4.70. The Hall–Kier alpha value is -0.590. The maximum atomic E-state index is 13.1. The van der Waals surface area contributed by atoms with Gasteiger partial charge in [-0.2, -0.15) is 5.26 Å². The van der Waals surface area contributed by atoms with Crippen molar-refractivity contribution in [2.45, 2.75) is 11.0 Å². The lowest BCUT2D eigenvalue weighted by atomic mass is 10.1. The van der Waals surface area contributed by atoms with Crippen LogP contribution < -0.4 is 0 Å². The molecule has 1 aromatic rings. The molecule has 4 heteroatoms. The van der Waals surface area contributed by atoms with Crippen LogP contribution in [0.3, 0.4) is 0 Å². The first-order valence-electron chi connectivity index (χ1n) is 3.53. The van der Waals surface area contributed by atoms with Gasteiger partial charge in [0.1, 0.15) is 0 Å². The van der Waals surface area contributed by atoms with Gasteiger partial charge in [-0.1, -0.05) is 17.7 Å². The minimum absolute atomic E-state index is 0.297. The van der Waals surface area contributed by atoms with Crippen molar-refractivity contribution in [2.24, 2.45) is 0 Å². The zero-order chi connectivity index (χ0) is 10.1. The minimum atomic E-state index is -2.05. The Bertz CT molecular complexity index is 365. The van der Waals surface area contributed by atoms with Gasteiger partial charge in [0.15, 0.2) is 0 Å². The third-order valence-corrected chi connectivity index (χ3v) is 2.35. The third-order valence-electron chi connectivity index (χ3n) is 1.67. The van der Waals surface area contributed by atoms with E-state index in [1.54, 1.807) is 19.1 Å². The molecule has 0 N–H and O–H groups in total. The predicted molar refractivity (Wildman–Crippen MR) is 53.5 cm³/mol. The maximum absolute atomic E-state index is 13.1. The molecule has 1 nitrogen and oxygen atoms in total. The van der Waals surface area contributed by atoms with Crippen molar-refractivity contribution in [1.82, 2.24) is 0 Å². The van der Waals surface area contributed by atoms with E-state index in [-0.39, 0.29) is 0 Å². The summed E-state index contributed by atoms with van der Waals surface area (Å²) in [5.41, 5.74) is 1.53. The van der Waals surface area contributed by atoms with Crippen molar-refractivity contribution in [3.8, 4) is 6.07 Å². The Morgan fingerprint density at radius 3 is 2.62 bits per heavy atom. The summed E-state index contributed by atoms with van der Waals surface area (Å²) in [6.45, 7) is 1.73. The van der Waals surface area contributed by atoms with Crippen LogP contribution in [0, 0.1) is 18.3 Å². The minimum Gasteiger partial charge on any atom is -0.208 e. The van der Waals surface area contributed by atoms with E-state index in [4.69, 9.17) is 16.9 Å². The number of benzene rings is 1. The van der Waals surface area contributed by atoms with Gasteiger partial charge in [-0.25, -0.2) is 4.39 Å². The average Bonchev–Trinajstić information content (AvgIpc) is 2.02. The van der Waals surface area contributed by atoms with Gasteiger partial charge in [0.05, 0.1) is 11.6 Å². The van der Waals surface area contributed by atoms with Gasteiger partial charge in [0, 0.05) is 5.56 Å². The molecule has 0 aliphatic heterocycles. The summed E-state index contributed by atoms with van der Waals surface area (Å²) in [5, 5.41) is 8.62. The fourth-order valence-corrected chi connectivity index (χ4v) is 1.33. The van der Waals surface area contributed by atoms with Crippen LogP contribution in [0.4, 0.5) is 4.39 Å². The largest absolute Gasteiger partial charge is 0.263 e. The Balaban J connectivity index is 3.20. The molecule has 1 atom stereocenters. The van der Waals surface area contributed by atoms with Crippen LogP contribution in [-0.2, 0) is 4.04 Å². The molecule has 13 heavy (non-hydrogen) atoms. The summed E-state index contributed by atoms with van der Waals surface area (Å²) in [7, 11) is 0. The van der Waals surface area contributed by atoms with E-state index >= 15 is 0 Å². The second-order valence-corrected chi connectivity index (χ2v) is 4.71. The van der Waals surface area contributed by atoms with Crippen LogP contribution in [0.2, 0.25) is 0 Å². The summed E-state index contributed by atoms with van der Waals surface area (Å²) in [4.78, 5) is 0. The normalized spacial score (nSPS) is 14.7. The van der Waals surface area contributed by atoms with Crippen LogP contribution in [0.15, 0.2) is 18.2 Å². The van der Waals surface area contributed by atoms with Gasteiger partial charge >= 0.3 is 0 Å². The van der Waals surface area contributed by atoms with E-state index in [9.17, 15) is 4.39 Å². The van der Waals surface area contributed by atoms with E-state index in [1.807, 2.05) is 6.07 Å². The molecular formula is C9H6BrClFN. The van der Waals surface area contributed by atoms with Crippen LogP contribution in [0.5, 0.6) is 0 Å². The monoisotopic (exact) mass is 261 g/mol. The molecule has 0 radical (unpaired) electrons. The molecule has 0 aliphatic carbocycles. The number of alkyl halides is 3. The number of nitriles is 1. The van der Waals surface area contributed by atoms with Crippen molar-refractivity contribution in [2.75, 3.05) is 0 Å². The van der Waals surface area contributed by atoms with Gasteiger partial charge in [0.25, 0.3) is 4.04 Å². The van der Waals surface area contributed by atoms with E-state index in [1.165, 1.54) is 6.07 Å². The Morgan fingerprint density at radius 1 is 1.62 bits per heavy atom. The fourth-order valence-electron chi connectivity index (χ4n) is 0.965. The zero-order valence-corrected chi connectivity index (χ0v) is 9.16. The van der Waals surface area contributed by atoms with Gasteiger partial charge in [-0.15, -0.1) is 0 Å². The lowest BCUT2D eigenvalue weighted by Gasteiger charge is -2.10. The molecule has 0 amide bonds. The summed E-state index contributed by atoms with van der Waals surface area (Å²) in [5.74, 6) is 0. The molecule has 0 saturated carbocycles. The van der Waals surface area contributed by atoms with Crippen LogP contribution in [0.25, 0.3) is 0 Å². The predicted octanol–water partition coefficient (Wildman–Crippen LogP) is 3.58. The molecule has 1 unspecified atom stereocenters. The Labute approximate surface area is 89.3 Å². The number of hydrogen-bond acceptors (Lipinski definition) is 1. The molecule has 0 bridgehead atoms. The summed E-state index contributed by atoms with van der Waals surface area (Å²) in [6.07, 6.45) is 0. The lowest BCUT2D eigenvalue weighted by Crippen LogP contribution is -2.01. The highest BCUT2D eigenvalue weighted by Crippen LogP contribution is 2.37. The second-order valence-electron chi connectivity index (χ2n) is 2.64. The van der Waals surface area contributed by atoms with Crippen LogP contribution >= 0.6 is 27.5 Å². The van der Waals surface area contributed by atoms with Gasteiger partial charge in [-0.05, 0) is 40.5 Å². The quantitative estimate of drug-likeness (QED) is 0.710. The first kappa shape index (κ1) is 10.5. The number of aryl methyl sites for hydroxylation is 1. The molecule has 0 aliphatic rings. The standard InChI is InChI=1S/C9H6BrClFN/c1-6-4-8(9(10,11)12)3-2-7(6)5-13/h2-4H,1H3. The smallest absolute Gasteiger partial charge is 0.208 e. The number of hydrogen-bond donors (Lipinski definition) is 0. The molecule has 0 spiro atoms. The summed E-state index contributed by atoms with van der Waals surface area (Å²) < 4.78 is 11.1. The second kappa shape index (κ2) is 3.65. The molecule has 0 fully saturated rings. The highest BCUT2D eigenvalue weighted by molar-refractivity contribution is 9.10. The van der Waals surface area contributed by atoms with E-state index in [0.29, 0.717) is 16.7 Å². The van der Waals surface area contributed by atoms with Gasteiger partial charge in [0.2, 0.25) is 0 Å². The van der Waals surface area contributed by atoms with Gasteiger partial charge in [-0.3, -0.25) is 0 Å². The zero-order valence-electron chi connectivity index (χ0n) is 6.81. The summed E-state index contributed by atoms with van der Waals surface area (Å²) in [6, 6.07) is 6.56. The van der Waals surface area contributed by atoms with Crippen molar-refractivity contribution >= 4 is 27.5 Å². The number of nitrogens with zero attached hydrogens (tertiary/aromatic N) is 1. The molecule has 0 aromatic heterocycles. The van der Waals surface area contributed by atoms with Gasteiger partial charge < -0.3 is 0 Å². The van der Waals surface area contributed by atoms with E-state index in [2.05, 4.69) is 15.9 Å². The Kier molecular flexibility index (Phi) is 2.94. The fraction of sp³-hybridized carbons (Fsp3) is 0.222. The van der Waals surface area contributed by atoms with Crippen molar-refractivity contribution in [1.29, 1.82) is 5.26 Å². The van der Waals surface area contributed by atoms with E-state index in [0.717, 1.165) is 0 Å². The third kappa shape index (κ3) is 2.43. The SMILES string of the molecule is Cc1cc(C(F)(Cl)Br)ccc1C#N. The molecule has 68 valence electrons. The van der Waals surface area contributed by atoms with Crippen molar-refractivity contribution in [3.05, 3.63) is 34.9 Å². The Morgan fingerprint density at radius 2 is 2.23 bits per heavy atom. The number of rotatable bonds is 1. The first-order chi connectivity index (χ1) is 5.95. The lowest BCUT2D eigenvalue weighted by molar-refractivity contribution is 0.425. The molecule has 1 rings (SSSR count). The van der Waals surface area contributed by atoms with Crippen molar-refractivity contribution < 1.29 is 4.39 Å². The molecule has 0 saturated heterocycles. The van der Waals surface area contributed by atoms with Crippen LogP contribution in [0.1, 0.15) is 16.7 Å². The van der Waals surface area contributed by atoms with E-state index < -0.39 is 4.04 Å². The van der Waals surface area contributed by atoms with Crippen LogP contribution in [-0.4, -0.2) is 0 Å². The average molecular weight is 263 g/mol. The molecule has 0 heterocycles. The number of halogens is 3. The maximum Gasteiger partial charge on any atom is 0.263 e. The summed E-state index contributed by atoms with van der Waals surface area (Å²) >= 11 is 8.08. The molecular weight excluding hydrogens is 256 g/mol. The molecule has 1 aromatic carbocycles. The highest BCUT2D eigenvalue weighted by atomic mass is 79.9.